The molecule has 1 atom stereocenters. The largest absolute Gasteiger partial charge is 0.381 e. The molecule has 1 aliphatic rings. The second-order valence-electron chi connectivity index (χ2n) is 3.85. The van der Waals surface area contributed by atoms with E-state index < -0.39 is 0 Å². The van der Waals surface area contributed by atoms with E-state index in [0.717, 1.165) is 6.54 Å². The van der Waals surface area contributed by atoms with Crippen LogP contribution in [0, 0.1) is 13.8 Å². The molecule has 2 heteroatoms. The van der Waals surface area contributed by atoms with Gasteiger partial charge in [-0.2, -0.15) is 0 Å². The lowest BCUT2D eigenvalue weighted by Gasteiger charge is -2.27. The second kappa shape index (κ2) is 3.37. The Labute approximate surface area is 85.0 Å². The first-order valence-electron chi connectivity index (χ1n) is 4.95. The van der Waals surface area contributed by atoms with E-state index in [0.29, 0.717) is 6.04 Å². The van der Waals surface area contributed by atoms with E-state index in [9.17, 15) is 0 Å². The van der Waals surface area contributed by atoms with E-state index >= 15 is 0 Å². The predicted octanol–water partition coefficient (Wildman–Crippen LogP) is 2.70. The number of aryl methyl sites for hydroxylation is 2. The third-order valence-corrected chi connectivity index (χ3v) is 2.77. The lowest BCUT2D eigenvalue weighted by atomic mass is 10.0. The molecule has 2 N–H and O–H groups in total. The molecule has 0 bridgehead atoms. The second-order valence-corrected chi connectivity index (χ2v) is 3.85. The summed E-state index contributed by atoms with van der Waals surface area (Å²) >= 11 is 0. The van der Waals surface area contributed by atoms with Crippen molar-refractivity contribution in [3.05, 3.63) is 35.9 Å². The van der Waals surface area contributed by atoms with E-state index in [2.05, 4.69) is 43.2 Å². The Morgan fingerprint density at radius 2 is 1.93 bits per heavy atom. The molecule has 0 fully saturated rings. The summed E-state index contributed by atoms with van der Waals surface area (Å²) in [5.74, 6) is 0. The fourth-order valence-corrected chi connectivity index (χ4v) is 1.69. The maximum atomic E-state index is 3.79. The average molecular weight is 188 g/mol. The Morgan fingerprint density at radius 3 is 2.57 bits per heavy atom. The summed E-state index contributed by atoms with van der Waals surface area (Å²) in [6, 6.07) is 4.72. The van der Waals surface area contributed by atoms with E-state index in [1.165, 1.54) is 22.5 Å². The number of benzene rings is 1. The number of fused-ring (bicyclic) bond motifs is 1. The Bertz CT molecular complexity index is 369. The van der Waals surface area contributed by atoms with Crippen LogP contribution in [0.3, 0.4) is 0 Å². The van der Waals surface area contributed by atoms with Crippen molar-refractivity contribution in [2.24, 2.45) is 0 Å². The zero-order chi connectivity index (χ0) is 10.1. The van der Waals surface area contributed by atoms with Crippen LogP contribution in [0.25, 0.3) is 0 Å². The van der Waals surface area contributed by atoms with Crippen LogP contribution in [0.15, 0.2) is 24.8 Å². The van der Waals surface area contributed by atoms with Crippen molar-refractivity contribution in [1.29, 1.82) is 0 Å². The van der Waals surface area contributed by atoms with E-state index in [1.54, 1.807) is 0 Å². The van der Waals surface area contributed by atoms with Crippen LogP contribution >= 0.6 is 0 Å². The monoisotopic (exact) mass is 188 g/mol. The highest BCUT2D eigenvalue weighted by Gasteiger charge is 2.14. The van der Waals surface area contributed by atoms with Crippen LogP contribution in [-0.4, -0.2) is 12.6 Å². The van der Waals surface area contributed by atoms with Crippen molar-refractivity contribution in [3.8, 4) is 0 Å². The smallest absolute Gasteiger partial charge is 0.0615 e. The van der Waals surface area contributed by atoms with Gasteiger partial charge in [-0.1, -0.05) is 6.08 Å². The summed E-state index contributed by atoms with van der Waals surface area (Å²) in [5.41, 5.74) is 5.04. The van der Waals surface area contributed by atoms with Gasteiger partial charge in [0.1, 0.15) is 0 Å². The first kappa shape index (κ1) is 9.13. The molecular formula is C12H16N2. The molecule has 0 aromatic heterocycles. The zero-order valence-electron chi connectivity index (χ0n) is 8.72. The van der Waals surface area contributed by atoms with E-state index in [4.69, 9.17) is 0 Å². The minimum atomic E-state index is 0.338. The first-order valence-corrected chi connectivity index (χ1v) is 4.95. The quantitative estimate of drug-likeness (QED) is 0.662. The molecule has 1 heterocycles. The highest BCUT2D eigenvalue weighted by Crippen LogP contribution is 2.29. The van der Waals surface area contributed by atoms with Crippen LogP contribution in [-0.2, 0) is 0 Å². The maximum Gasteiger partial charge on any atom is 0.0615 e. The van der Waals surface area contributed by atoms with Crippen LogP contribution in [0.2, 0.25) is 0 Å². The Morgan fingerprint density at radius 1 is 1.29 bits per heavy atom. The van der Waals surface area contributed by atoms with Gasteiger partial charge in [-0.15, -0.1) is 6.58 Å². The fraction of sp³-hybridized carbons (Fsp3) is 0.333. The lowest BCUT2D eigenvalue weighted by Crippen LogP contribution is -2.31. The predicted molar refractivity (Wildman–Crippen MR) is 62.0 cm³/mol. The van der Waals surface area contributed by atoms with Crippen LogP contribution < -0.4 is 10.6 Å². The third-order valence-electron chi connectivity index (χ3n) is 2.77. The minimum absolute atomic E-state index is 0.338. The van der Waals surface area contributed by atoms with Crippen molar-refractivity contribution in [2.45, 2.75) is 19.9 Å². The Kier molecular flexibility index (Phi) is 2.20. The topological polar surface area (TPSA) is 24.1 Å². The molecule has 0 saturated carbocycles. The molecule has 0 unspecified atom stereocenters. The van der Waals surface area contributed by atoms with Crippen molar-refractivity contribution in [1.82, 2.24) is 0 Å². The molecule has 0 aliphatic carbocycles. The summed E-state index contributed by atoms with van der Waals surface area (Å²) in [6.07, 6.45) is 1.94. The molecule has 0 radical (unpaired) electrons. The molecule has 2 rings (SSSR count). The van der Waals surface area contributed by atoms with Gasteiger partial charge in [0, 0.05) is 6.54 Å². The van der Waals surface area contributed by atoms with Crippen LogP contribution in [0.5, 0.6) is 0 Å². The number of nitrogens with one attached hydrogen (secondary N) is 2. The van der Waals surface area contributed by atoms with E-state index in [-0.39, 0.29) is 0 Å². The molecule has 0 amide bonds. The van der Waals surface area contributed by atoms with Gasteiger partial charge in [0.15, 0.2) is 0 Å². The van der Waals surface area contributed by atoms with E-state index in [1.807, 2.05) is 6.08 Å². The van der Waals surface area contributed by atoms with Crippen LogP contribution in [0.1, 0.15) is 11.1 Å². The van der Waals surface area contributed by atoms with Gasteiger partial charge in [0.25, 0.3) is 0 Å². The fourth-order valence-electron chi connectivity index (χ4n) is 1.69. The highest BCUT2D eigenvalue weighted by atomic mass is 15.1. The SMILES string of the molecule is C=C[C@@H]1CNc2cc(C)c(C)cc2N1. The molecule has 1 aliphatic heterocycles. The summed E-state index contributed by atoms with van der Waals surface area (Å²) in [5, 5.41) is 6.83. The number of rotatable bonds is 1. The molecule has 1 aromatic rings. The number of hydrogen-bond donors (Lipinski definition) is 2. The summed E-state index contributed by atoms with van der Waals surface area (Å²) in [4.78, 5) is 0. The van der Waals surface area contributed by atoms with Gasteiger partial charge in [-0.25, -0.2) is 0 Å². The Hall–Kier alpha value is -1.44. The van der Waals surface area contributed by atoms with Crippen molar-refractivity contribution in [3.63, 3.8) is 0 Å². The van der Waals surface area contributed by atoms with Crippen LogP contribution in [0.4, 0.5) is 11.4 Å². The minimum Gasteiger partial charge on any atom is -0.381 e. The number of hydrogen-bond acceptors (Lipinski definition) is 2. The highest BCUT2D eigenvalue weighted by molar-refractivity contribution is 5.73. The molecule has 2 nitrogen and oxygen atoms in total. The van der Waals surface area contributed by atoms with Gasteiger partial charge in [-0.05, 0) is 37.1 Å². The normalized spacial score (nSPS) is 19.1. The molecule has 0 spiro atoms. The number of anilines is 2. The first-order chi connectivity index (χ1) is 6.70. The van der Waals surface area contributed by atoms with Gasteiger partial charge in [0.05, 0.1) is 17.4 Å². The van der Waals surface area contributed by atoms with Crippen molar-refractivity contribution < 1.29 is 0 Å². The van der Waals surface area contributed by atoms with Gasteiger partial charge in [0.2, 0.25) is 0 Å². The molecule has 0 saturated heterocycles. The standard InChI is InChI=1S/C12H16N2/c1-4-10-7-13-11-5-8(2)9(3)6-12(11)14-10/h4-6,10,13-14H,1,7H2,2-3H3/t10-/m1/s1. The summed E-state index contributed by atoms with van der Waals surface area (Å²) in [6.45, 7) is 8.98. The lowest BCUT2D eigenvalue weighted by molar-refractivity contribution is 0.893. The van der Waals surface area contributed by atoms with Gasteiger partial charge < -0.3 is 10.6 Å². The molecule has 1 aromatic carbocycles. The van der Waals surface area contributed by atoms with Crippen molar-refractivity contribution >= 4 is 11.4 Å². The average Bonchev–Trinajstić information content (AvgIpc) is 2.19. The van der Waals surface area contributed by atoms with Gasteiger partial charge >= 0.3 is 0 Å². The summed E-state index contributed by atoms with van der Waals surface area (Å²) in [7, 11) is 0. The van der Waals surface area contributed by atoms with Crippen molar-refractivity contribution in [2.75, 3.05) is 17.2 Å². The molecule has 14 heavy (non-hydrogen) atoms. The summed E-state index contributed by atoms with van der Waals surface area (Å²) < 4.78 is 0. The zero-order valence-corrected chi connectivity index (χ0v) is 8.72. The van der Waals surface area contributed by atoms with Gasteiger partial charge in [-0.3, -0.25) is 0 Å². The Balaban J connectivity index is 2.38. The molecular weight excluding hydrogens is 172 g/mol. The molecule has 74 valence electrons. The maximum absolute atomic E-state index is 3.79. The third kappa shape index (κ3) is 1.48.